The van der Waals surface area contributed by atoms with Crippen LogP contribution in [0.15, 0.2) is 65.7 Å². The van der Waals surface area contributed by atoms with Gasteiger partial charge in [0.1, 0.15) is 24.9 Å². The van der Waals surface area contributed by atoms with Gasteiger partial charge in [-0.1, -0.05) is 60.7 Å². The molecule has 1 aliphatic rings. The molecule has 0 bridgehead atoms. The van der Waals surface area contributed by atoms with Crippen LogP contribution in [-0.4, -0.2) is 65.3 Å². The molecule has 0 radical (unpaired) electrons. The minimum atomic E-state index is -1.33. The van der Waals surface area contributed by atoms with E-state index in [-0.39, 0.29) is 51.4 Å². The number of amides is 5. The maximum atomic E-state index is 12.9. The molecule has 1 fully saturated rings. The number of imide groups is 1. The van der Waals surface area contributed by atoms with Crippen LogP contribution in [0.25, 0.3) is 0 Å². The van der Waals surface area contributed by atoms with Gasteiger partial charge in [0.05, 0.1) is 0 Å². The normalized spacial score (nSPS) is 13.2. The molecule has 46 heavy (non-hydrogen) atoms. The third-order valence-corrected chi connectivity index (χ3v) is 5.95. The molecule has 0 aromatic heterocycles. The lowest BCUT2D eigenvalue weighted by Gasteiger charge is -2.23. The fraction of sp³-hybridized carbons (Fsp3) is 0.387. The van der Waals surface area contributed by atoms with Crippen LogP contribution in [0.2, 0.25) is 0 Å². The summed E-state index contributed by atoms with van der Waals surface area (Å²) in [7, 11) is 0. The molecule has 3 rings (SSSR count). The van der Waals surface area contributed by atoms with Crippen molar-refractivity contribution in [1.29, 1.82) is 0 Å². The van der Waals surface area contributed by atoms with Gasteiger partial charge in [-0.15, -0.1) is 5.06 Å². The number of alkyl carbamates (subject to hydrolysis) is 3. The van der Waals surface area contributed by atoms with Gasteiger partial charge in [-0.3, -0.25) is 25.2 Å². The van der Waals surface area contributed by atoms with Gasteiger partial charge in [-0.05, 0) is 44.7 Å². The van der Waals surface area contributed by atoms with Crippen LogP contribution >= 0.6 is 0 Å². The van der Waals surface area contributed by atoms with Crippen molar-refractivity contribution in [3.05, 3.63) is 71.8 Å². The molecule has 5 amide bonds. The molecule has 1 aliphatic heterocycles. The maximum absolute atomic E-state index is 12.9. The molecule has 1 saturated heterocycles. The average Bonchev–Trinajstić information content (AvgIpc) is 3.32. The average molecular weight is 640 g/mol. The second-order valence-electron chi connectivity index (χ2n) is 10.9. The molecular weight excluding hydrogens is 602 g/mol. The molecule has 2 aromatic carbocycles. The summed E-state index contributed by atoms with van der Waals surface area (Å²) < 4.78 is 15.6. The third-order valence-electron chi connectivity index (χ3n) is 5.95. The van der Waals surface area contributed by atoms with Crippen LogP contribution in [0.3, 0.4) is 0 Å². The van der Waals surface area contributed by atoms with Gasteiger partial charge >= 0.3 is 24.2 Å². The molecule has 1 atom stereocenters. The zero-order valence-corrected chi connectivity index (χ0v) is 25.8. The van der Waals surface area contributed by atoms with Crippen LogP contribution in [0.1, 0.15) is 57.6 Å². The Balaban J connectivity index is 1.64. The molecule has 15 nitrogen and oxygen atoms in total. The number of benzene rings is 2. The molecule has 3 N–H and O–H groups in total. The van der Waals surface area contributed by atoms with E-state index in [4.69, 9.17) is 19.0 Å². The van der Waals surface area contributed by atoms with E-state index in [2.05, 4.69) is 20.9 Å². The Hall–Kier alpha value is -5.47. The minimum absolute atomic E-state index is 0.0411. The second-order valence-corrected chi connectivity index (χ2v) is 10.9. The highest BCUT2D eigenvalue weighted by Gasteiger charge is 2.35. The summed E-state index contributed by atoms with van der Waals surface area (Å²) >= 11 is 0. The van der Waals surface area contributed by atoms with Crippen LogP contribution in [0.4, 0.5) is 14.4 Å². The predicted molar refractivity (Wildman–Crippen MR) is 161 cm³/mol. The molecule has 2 aromatic rings. The number of nitrogens with one attached hydrogen (secondary N) is 3. The molecular formula is C31H37N5O10. The molecule has 0 spiro atoms. The Morgan fingerprint density at radius 2 is 1.30 bits per heavy atom. The molecule has 15 heteroatoms. The van der Waals surface area contributed by atoms with Crippen molar-refractivity contribution in [3.63, 3.8) is 0 Å². The van der Waals surface area contributed by atoms with E-state index in [0.717, 1.165) is 11.1 Å². The molecule has 0 unspecified atom stereocenters. The van der Waals surface area contributed by atoms with Crippen LogP contribution in [0.5, 0.6) is 0 Å². The number of carbonyl (C=O) groups excluding carboxylic acids is 6. The van der Waals surface area contributed by atoms with Gasteiger partial charge in [-0.2, -0.15) is 0 Å². The van der Waals surface area contributed by atoms with Crippen LogP contribution in [-0.2, 0) is 46.6 Å². The number of aliphatic imine (C=N–C) groups is 1. The van der Waals surface area contributed by atoms with Gasteiger partial charge in [0.25, 0.3) is 11.8 Å². The molecule has 1 heterocycles. The van der Waals surface area contributed by atoms with Gasteiger partial charge in [0.15, 0.2) is 0 Å². The van der Waals surface area contributed by atoms with Crippen molar-refractivity contribution in [2.75, 3.05) is 6.54 Å². The Morgan fingerprint density at radius 3 is 1.78 bits per heavy atom. The highest BCUT2D eigenvalue weighted by atomic mass is 16.7. The predicted octanol–water partition coefficient (Wildman–Crippen LogP) is 3.48. The van der Waals surface area contributed by atoms with Crippen molar-refractivity contribution in [2.45, 2.75) is 71.3 Å². The van der Waals surface area contributed by atoms with Crippen LogP contribution < -0.4 is 16.0 Å². The smallest absolute Gasteiger partial charge is 0.414 e. The monoisotopic (exact) mass is 639 g/mol. The van der Waals surface area contributed by atoms with E-state index in [1.54, 1.807) is 69.3 Å². The van der Waals surface area contributed by atoms with E-state index in [9.17, 15) is 28.8 Å². The quantitative estimate of drug-likeness (QED) is 0.108. The number of hydrogen-bond acceptors (Lipinski definition) is 11. The Kier molecular flexibility index (Phi) is 13.0. The van der Waals surface area contributed by atoms with Gasteiger partial charge < -0.3 is 24.4 Å². The van der Waals surface area contributed by atoms with E-state index < -0.39 is 47.7 Å². The molecule has 0 saturated carbocycles. The minimum Gasteiger partial charge on any atom is -0.444 e. The van der Waals surface area contributed by atoms with Crippen molar-refractivity contribution < 1.29 is 47.8 Å². The summed E-state index contributed by atoms with van der Waals surface area (Å²) in [4.78, 5) is 83.3. The summed E-state index contributed by atoms with van der Waals surface area (Å²) in [6.45, 7) is 4.74. The lowest BCUT2D eigenvalue weighted by Crippen LogP contribution is -2.47. The highest BCUT2D eigenvalue weighted by Crippen LogP contribution is 2.14. The maximum Gasteiger partial charge on any atom is 0.414 e. The Labute approximate surface area is 265 Å². The van der Waals surface area contributed by atoms with E-state index in [1.807, 2.05) is 12.1 Å². The summed E-state index contributed by atoms with van der Waals surface area (Å²) in [5.74, 6) is -2.72. The lowest BCUT2D eigenvalue weighted by atomic mass is 10.1. The fourth-order valence-electron chi connectivity index (χ4n) is 3.82. The Morgan fingerprint density at radius 1 is 0.804 bits per heavy atom. The SMILES string of the molecule is CC(C)(C)OC(=O)N[C@H](CCCN=C(NC(=O)OCc1ccccc1)NC(=O)OCc1ccccc1)C(=O)ON1C(=O)CCC1=O. The summed E-state index contributed by atoms with van der Waals surface area (Å²) in [6.07, 6.45) is -2.92. The van der Waals surface area contributed by atoms with E-state index >= 15 is 0 Å². The summed E-state index contributed by atoms with van der Waals surface area (Å²) in [5, 5.41) is 7.47. The van der Waals surface area contributed by atoms with Crippen molar-refractivity contribution in [1.82, 2.24) is 21.0 Å². The number of carbonyl (C=O) groups is 6. The summed E-state index contributed by atoms with van der Waals surface area (Å²) in [6, 6.07) is 16.5. The zero-order valence-electron chi connectivity index (χ0n) is 25.8. The first-order valence-corrected chi connectivity index (χ1v) is 14.5. The number of nitrogens with zero attached hydrogens (tertiary/aromatic N) is 2. The van der Waals surface area contributed by atoms with Crippen molar-refractivity contribution >= 4 is 42.0 Å². The number of hydrogen-bond donors (Lipinski definition) is 3. The number of hydroxylamine groups is 2. The molecule has 246 valence electrons. The van der Waals surface area contributed by atoms with Gasteiger partial charge in [-0.25, -0.2) is 19.2 Å². The van der Waals surface area contributed by atoms with E-state index in [0.29, 0.717) is 5.06 Å². The fourth-order valence-corrected chi connectivity index (χ4v) is 3.82. The second kappa shape index (κ2) is 17.1. The first-order valence-electron chi connectivity index (χ1n) is 14.5. The first-order chi connectivity index (χ1) is 21.9. The topological polar surface area (TPSA) is 191 Å². The zero-order chi connectivity index (χ0) is 33.5. The van der Waals surface area contributed by atoms with E-state index in [1.165, 1.54) is 0 Å². The molecule has 0 aliphatic carbocycles. The largest absolute Gasteiger partial charge is 0.444 e. The lowest BCUT2D eigenvalue weighted by molar-refractivity contribution is -0.199. The third kappa shape index (κ3) is 12.6. The highest BCUT2D eigenvalue weighted by molar-refractivity contribution is 6.02. The van der Waals surface area contributed by atoms with Crippen LogP contribution in [0, 0.1) is 0 Å². The van der Waals surface area contributed by atoms with Crippen molar-refractivity contribution in [2.24, 2.45) is 4.99 Å². The standard InChI is InChI=1S/C31H37N5O10/c1-31(2,3)45-30(42)33-23(26(39)46-36-24(37)16-17-25(36)38)15-10-18-32-27(34-28(40)43-19-21-11-6-4-7-12-21)35-29(41)44-20-22-13-8-5-9-14-22/h4-9,11-14,23H,10,15-20H2,1-3H3,(H,33,42)(H2,32,34,35,40,41)/t23-/m1/s1. The Bertz CT molecular complexity index is 1330. The van der Waals surface area contributed by atoms with Gasteiger partial charge in [0, 0.05) is 19.4 Å². The number of ether oxygens (including phenoxy) is 3. The number of guanidine groups is 1. The summed E-state index contributed by atoms with van der Waals surface area (Å²) in [5.41, 5.74) is 0.596. The number of rotatable bonds is 11. The first kappa shape index (κ1) is 35.0. The van der Waals surface area contributed by atoms with Gasteiger partial charge in [0.2, 0.25) is 5.96 Å². The van der Waals surface area contributed by atoms with Crippen molar-refractivity contribution in [3.8, 4) is 0 Å².